The van der Waals surface area contributed by atoms with E-state index in [4.69, 9.17) is 17.3 Å². The lowest BCUT2D eigenvalue weighted by molar-refractivity contribution is -0.132. The van der Waals surface area contributed by atoms with Crippen molar-refractivity contribution in [1.82, 2.24) is 0 Å². The smallest absolute Gasteiger partial charge is 0.0443 e. The summed E-state index contributed by atoms with van der Waals surface area (Å²) < 4.78 is 0. The van der Waals surface area contributed by atoms with Crippen LogP contribution in [0.25, 0.3) is 0 Å². The molecule has 0 heterocycles. The monoisotopic (exact) mass is 207 g/mol. The maximum absolute atomic E-state index is 6.20. The Hall–Kier alpha value is -0.530. The van der Waals surface area contributed by atoms with Gasteiger partial charge in [0.05, 0.1) is 0 Å². The molecule has 2 heteroatoms. The highest BCUT2D eigenvalue weighted by Gasteiger charge is 2.67. The summed E-state index contributed by atoms with van der Waals surface area (Å²) in [5.74, 6) is 0. The van der Waals surface area contributed by atoms with Crippen LogP contribution in [0.5, 0.6) is 0 Å². The van der Waals surface area contributed by atoms with Gasteiger partial charge in [0, 0.05) is 5.02 Å². The van der Waals surface area contributed by atoms with Crippen molar-refractivity contribution in [2.45, 2.75) is 24.7 Å². The first-order valence-electron chi connectivity index (χ1n) is 5.15. The van der Waals surface area contributed by atoms with Gasteiger partial charge in [0.15, 0.2) is 0 Å². The molecule has 0 radical (unpaired) electrons. The Morgan fingerprint density at radius 1 is 1.21 bits per heavy atom. The van der Waals surface area contributed by atoms with E-state index in [9.17, 15) is 0 Å². The molecule has 0 atom stereocenters. The summed E-state index contributed by atoms with van der Waals surface area (Å²) in [6.07, 6.45) is 3.75. The third-order valence-corrected chi connectivity index (χ3v) is 4.35. The van der Waals surface area contributed by atoms with E-state index >= 15 is 0 Å². The summed E-state index contributed by atoms with van der Waals surface area (Å²) in [5.41, 5.74) is 7.98. The van der Waals surface area contributed by atoms with E-state index in [1.54, 1.807) is 0 Å². The number of halogens is 1. The molecule has 3 aliphatic rings. The van der Waals surface area contributed by atoms with Gasteiger partial charge < -0.3 is 5.73 Å². The van der Waals surface area contributed by atoms with Crippen LogP contribution in [-0.2, 0) is 5.41 Å². The average molecular weight is 208 g/mol. The molecule has 1 aromatic carbocycles. The van der Waals surface area contributed by atoms with Crippen molar-refractivity contribution in [3.63, 3.8) is 0 Å². The second-order valence-corrected chi connectivity index (χ2v) is 5.40. The minimum absolute atomic E-state index is 0.401. The lowest BCUT2D eigenvalue weighted by atomic mass is 9.33. The van der Waals surface area contributed by atoms with Gasteiger partial charge in [-0.3, -0.25) is 0 Å². The van der Waals surface area contributed by atoms with Crippen molar-refractivity contribution < 1.29 is 0 Å². The van der Waals surface area contributed by atoms with Crippen molar-refractivity contribution in [1.29, 1.82) is 0 Å². The van der Waals surface area contributed by atoms with E-state index in [-0.39, 0.29) is 0 Å². The largest absolute Gasteiger partial charge is 0.330 e. The molecule has 1 nitrogen and oxygen atoms in total. The molecule has 74 valence electrons. The van der Waals surface area contributed by atoms with Gasteiger partial charge >= 0.3 is 0 Å². The molecule has 4 rings (SSSR count). The third kappa shape index (κ3) is 0.896. The van der Waals surface area contributed by atoms with Crippen molar-refractivity contribution in [2.75, 3.05) is 6.54 Å². The lowest BCUT2D eigenvalue weighted by Crippen LogP contribution is -2.67. The predicted molar refractivity (Wildman–Crippen MR) is 58.5 cm³/mol. The molecular formula is C12H14ClN. The molecule has 0 aliphatic heterocycles. The molecule has 1 aromatic rings. The highest BCUT2D eigenvalue weighted by atomic mass is 35.5. The van der Waals surface area contributed by atoms with Crippen LogP contribution < -0.4 is 5.73 Å². The fourth-order valence-electron chi connectivity index (χ4n) is 3.39. The van der Waals surface area contributed by atoms with E-state index < -0.39 is 0 Å². The zero-order valence-corrected chi connectivity index (χ0v) is 8.85. The van der Waals surface area contributed by atoms with Crippen molar-refractivity contribution >= 4 is 11.6 Å². The summed E-state index contributed by atoms with van der Waals surface area (Å²) >= 11 is 6.20. The number of nitrogens with two attached hydrogens (primary N) is 1. The molecule has 0 saturated heterocycles. The van der Waals surface area contributed by atoms with Gasteiger partial charge in [0.2, 0.25) is 0 Å². The van der Waals surface area contributed by atoms with Crippen LogP contribution in [0.4, 0.5) is 0 Å². The number of hydrogen-bond acceptors (Lipinski definition) is 1. The van der Waals surface area contributed by atoms with E-state index in [1.165, 1.54) is 24.8 Å². The van der Waals surface area contributed by atoms with E-state index in [1.807, 2.05) is 12.1 Å². The summed E-state index contributed by atoms with van der Waals surface area (Å²) in [7, 11) is 0. The highest BCUT2D eigenvalue weighted by Crippen LogP contribution is 2.73. The van der Waals surface area contributed by atoms with E-state index in [0.717, 1.165) is 11.6 Å². The fraction of sp³-hybridized carbons (Fsp3) is 0.500. The van der Waals surface area contributed by atoms with Crippen LogP contribution in [0.3, 0.4) is 0 Å². The summed E-state index contributed by atoms with van der Waals surface area (Å²) in [6, 6.07) is 8.24. The lowest BCUT2D eigenvalue weighted by Gasteiger charge is -2.71. The van der Waals surface area contributed by atoms with Crippen LogP contribution in [0.2, 0.25) is 5.02 Å². The van der Waals surface area contributed by atoms with Crippen molar-refractivity contribution in [2.24, 2.45) is 11.1 Å². The molecule has 2 bridgehead atoms. The van der Waals surface area contributed by atoms with Crippen molar-refractivity contribution in [3.8, 4) is 0 Å². The van der Waals surface area contributed by atoms with Gasteiger partial charge in [-0.25, -0.2) is 0 Å². The van der Waals surface area contributed by atoms with E-state index in [2.05, 4.69) is 12.1 Å². The molecule has 0 spiro atoms. The van der Waals surface area contributed by atoms with Gasteiger partial charge in [-0.05, 0) is 48.3 Å². The topological polar surface area (TPSA) is 26.0 Å². The fourth-order valence-corrected chi connectivity index (χ4v) is 3.73. The van der Waals surface area contributed by atoms with Crippen LogP contribution in [0.15, 0.2) is 24.3 Å². The zero-order chi connectivity index (χ0) is 9.81. The molecule has 14 heavy (non-hydrogen) atoms. The molecule has 3 aliphatic carbocycles. The standard InChI is InChI=1S/C12H14ClN/c13-10-4-2-1-3-9(10)12-5-11(6-12,7-12)8-14/h1-4H,5-8,14H2. The van der Waals surface area contributed by atoms with Crippen LogP contribution in [0.1, 0.15) is 24.8 Å². The van der Waals surface area contributed by atoms with Gasteiger partial charge in [0.1, 0.15) is 0 Å². The van der Waals surface area contributed by atoms with Gasteiger partial charge in [-0.1, -0.05) is 29.8 Å². The third-order valence-electron chi connectivity index (χ3n) is 4.02. The quantitative estimate of drug-likeness (QED) is 0.793. The SMILES string of the molecule is NCC12CC(c3ccccc3Cl)(C1)C2. The Morgan fingerprint density at radius 2 is 1.86 bits per heavy atom. The maximum atomic E-state index is 6.20. The average Bonchev–Trinajstić information content (AvgIpc) is 2.04. The van der Waals surface area contributed by atoms with Gasteiger partial charge in [0.25, 0.3) is 0 Å². The molecule has 0 aromatic heterocycles. The highest BCUT2D eigenvalue weighted by molar-refractivity contribution is 6.31. The van der Waals surface area contributed by atoms with Gasteiger partial charge in [-0.2, -0.15) is 0 Å². The Morgan fingerprint density at radius 3 is 2.43 bits per heavy atom. The predicted octanol–water partition coefficient (Wildman–Crippen LogP) is 2.72. The molecule has 2 N–H and O–H groups in total. The Labute approximate surface area is 89.3 Å². The summed E-state index contributed by atoms with van der Waals surface area (Å²) in [4.78, 5) is 0. The number of hydrogen-bond donors (Lipinski definition) is 1. The second-order valence-electron chi connectivity index (χ2n) is 4.99. The van der Waals surface area contributed by atoms with Crippen molar-refractivity contribution in [3.05, 3.63) is 34.9 Å². The van der Waals surface area contributed by atoms with E-state index in [0.29, 0.717) is 10.8 Å². The number of benzene rings is 1. The second kappa shape index (κ2) is 2.53. The van der Waals surface area contributed by atoms with Crippen LogP contribution in [-0.4, -0.2) is 6.54 Å². The summed E-state index contributed by atoms with van der Waals surface area (Å²) in [6.45, 7) is 0.846. The minimum Gasteiger partial charge on any atom is -0.330 e. The first-order valence-corrected chi connectivity index (χ1v) is 5.53. The normalized spacial score (nSPS) is 38.7. The molecule has 0 amide bonds. The Kier molecular flexibility index (Phi) is 1.58. The molecule has 3 saturated carbocycles. The maximum Gasteiger partial charge on any atom is 0.0443 e. The Bertz CT molecular complexity index is 366. The van der Waals surface area contributed by atoms with Gasteiger partial charge in [-0.15, -0.1) is 0 Å². The van der Waals surface area contributed by atoms with Crippen LogP contribution >= 0.6 is 11.6 Å². The molecule has 0 unspecified atom stereocenters. The molecule has 3 fully saturated rings. The first-order chi connectivity index (χ1) is 6.70. The minimum atomic E-state index is 0.401. The first kappa shape index (κ1) is 8.75. The zero-order valence-electron chi connectivity index (χ0n) is 8.09. The molecular weight excluding hydrogens is 194 g/mol. The number of rotatable bonds is 2. The van der Waals surface area contributed by atoms with Crippen LogP contribution in [0, 0.1) is 5.41 Å². The Balaban J connectivity index is 1.91. The summed E-state index contributed by atoms with van der Waals surface area (Å²) in [5, 5.41) is 0.929.